The van der Waals surface area contributed by atoms with Crippen molar-refractivity contribution in [2.75, 3.05) is 0 Å². The summed E-state index contributed by atoms with van der Waals surface area (Å²) in [5.74, 6) is 1.23. The summed E-state index contributed by atoms with van der Waals surface area (Å²) in [6, 6.07) is 0. The van der Waals surface area contributed by atoms with Crippen LogP contribution in [0.1, 0.15) is 92.9 Å². The Morgan fingerprint density at radius 1 is 1.00 bits per heavy atom. The number of carbonyl (C=O) groups is 1. The van der Waals surface area contributed by atoms with E-state index >= 15 is 0 Å². The summed E-state index contributed by atoms with van der Waals surface area (Å²) in [6.07, 6.45) is 16.7. The Labute approximate surface area is 188 Å². The van der Waals surface area contributed by atoms with E-state index in [4.69, 9.17) is 0 Å². The van der Waals surface area contributed by atoms with E-state index < -0.39 is 0 Å². The second-order valence-corrected chi connectivity index (χ2v) is 12.6. The molecule has 5 aliphatic rings. The van der Waals surface area contributed by atoms with Gasteiger partial charge in [-0.3, -0.25) is 4.79 Å². The van der Waals surface area contributed by atoms with Gasteiger partial charge in [-0.2, -0.15) is 0 Å². The first kappa shape index (κ1) is 21.3. The smallest absolute Gasteiger partial charge is 0.220 e. The molecular weight excluding hydrogens is 380 g/mol. The Balaban J connectivity index is 1.59. The summed E-state index contributed by atoms with van der Waals surface area (Å²) in [7, 11) is 0. The van der Waals surface area contributed by atoms with Crippen molar-refractivity contribution in [2.45, 2.75) is 92.9 Å². The van der Waals surface area contributed by atoms with Gasteiger partial charge < -0.3 is 5.11 Å². The highest BCUT2D eigenvalue weighted by Gasteiger charge is 2.61. The summed E-state index contributed by atoms with van der Waals surface area (Å²) in [5, 5.41) is 10.3. The van der Waals surface area contributed by atoms with Gasteiger partial charge in [0.15, 0.2) is 5.76 Å². The van der Waals surface area contributed by atoms with Crippen molar-refractivity contribution in [2.24, 2.45) is 33.5 Å². The van der Waals surface area contributed by atoms with Crippen LogP contribution in [0, 0.1) is 33.5 Å². The quantitative estimate of drug-likeness (QED) is 0.473. The van der Waals surface area contributed by atoms with Crippen molar-refractivity contribution in [1.29, 1.82) is 0 Å². The zero-order valence-electron chi connectivity index (χ0n) is 20.4. The largest absolute Gasteiger partial charge is 0.504 e. The number of rotatable bonds is 1. The number of fused-ring (bicyclic) bond motifs is 7. The number of carbonyl (C=O) groups excluding carboxylic acids is 1. The molecule has 1 N–H and O–H groups in total. The number of hydrogen-bond donors (Lipinski definition) is 1. The highest BCUT2D eigenvalue weighted by atomic mass is 16.3. The van der Waals surface area contributed by atoms with E-state index in [9.17, 15) is 9.90 Å². The third-order valence-electron chi connectivity index (χ3n) is 11.0. The molecule has 5 rings (SSSR count). The minimum atomic E-state index is -0.221. The summed E-state index contributed by atoms with van der Waals surface area (Å²) >= 11 is 0. The lowest BCUT2D eigenvalue weighted by atomic mass is 9.39. The molecular formula is C29H40O2. The van der Waals surface area contributed by atoms with Crippen molar-refractivity contribution in [3.8, 4) is 0 Å². The summed E-state index contributed by atoms with van der Waals surface area (Å²) in [5.41, 5.74) is 5.62. The van der Waals surface area contributed by atoms with Gasteiger partial charge in [0.25, 0.3) is 0 Å². The number of ketones is 1. The molecule has 0 amide bonds. The number of aliphatic hydroxyl groups is 1. The fourth-order valence-corrected chi connectivity index (χ4v) is 8.43. The van der Waals surface area contributed by atoms with E-state index in [0.29, 0.717) is 10.8 Å². The van der Waals surface area contributed by atoms with Crippen molar-refractivity contribution < 1.29 is 9.90 Å². The number of hydrogen-bond acceptors (Lipinski definition) is 2. The lowest BCUT2D eigenvalue weighted by Gasteiger charge is -2.65. The molecule has 5 aliphatic carbocycles. The van der Waals surface area contributed by atoms with Gasteiger partial charge in [0.1, 0.15) is 0 Å². The van der Waals surface area contributed by atoms with Crippen LogP contribution in [0.2, 0.25) is 0 Å². The molecule has 5 unspecified atom stereocenters. The monoisotopic (exact) mass is 420 g/mol. The van der Waals surface area contributed by atoms with Crippen molar-refractivity contribution in [1.82, 2.24) is 0 Å². The van der Waals surface area contributed by atoms with Crippen LogP contribution in [0.25, 0.3) is 0 Å². The Bertz CT molecular complexity index is 977. The van der Waals surface area contributed by atoms with Crippen LogP contribution in [0.3, 0.4) is 0 Å². The minimum Gasteiger partial charge on any atom is -0.504 e. The van der Waals surface area contributed by atoms with E-state index in [1.165, 1.54) is 44.9 Å². The van der Waals surface area contributed by atoms with Crippen molar-refractivity contribution >= 4 is 5.78 Å². The minimum absolute atomic E-state index is 0.0789. The second kappa shape index (κ2) is 6.49. The predicted molar refractivity (Wildman–Crippen MR) is 127 cm³/mol. The number of allylic oxidation sites excluding steroid dienone is 7. The first-order valence-electron chi connectivity index (χ1n) is 12.6. The van der Waals surface area contributed by atoms with E-state index in [-0.39, 0.29) is 22.4 Å². The van der Waals surface area contributed by atoms with E-state index in [0.717, 1.165) is 35.0 Å². The van der Waals surface area contributed by atoms with Gasteiger partial charge in [-0.25, -0.2) is 0 Å². The van der Waals surface area contributed by atoms with Gasteiger partial charge in [0.2, 0.25) is 5.78 Å². The molecule has 168 valence electrons. The van der Waals surface area contributed by atoms with Gasteiger partial charge in [-0.15, -0.1) is 0 Å². The second-order valence-electron chi connectivity index (χ2n) is 12.6. The normalized spacial score (nSPS) is 46.8. The first-order chi connectivity index (χ1) is 14.5. The van der Waals surface area contributed by atoms with Crippen LogP contribution in [0.15, 0.2) is 46.3 Å². The Hall–Kier alpha value is -1.57. The Morgan fingerprint density at radius 2 is 1.71 bits per heavy atom. The average molecular weight is 421 g/mol. The molecule has 2 heteroatoms. The van der Waals surface area contributed by atoms with Crippen LogP contribution in [0.4, 0.5) is 0 Å². The molecule has 0 aliphatic heterocycles. The maximum absolute atomic E-state index is 12.5. The van der Waals surface area contributed by atoms with E-state index in [1.807, 2.05) is 6.92 Å². The van der Waals surface area contributed by atoms with Crippen LogP contribution in [-0.2, 0) is 4.79 Å². The van der Waals surface area contributed by atoms with Crippen molar-refractivity contribution in [3.63, 3.8) is 0 Å². The van der Waals surface area contributed by atoms with Gasteiger partial charge in [0.05, 0.1) is 0 Å². The zero-order valence-corrected chi connectivity index (χ0v) is 20.4. The highest BCUT2D eigenvalue weighted by molar-refractivity contribution is 6.06. The number of aliphatic hydroxyl groups excluding tert-OH is 1. The van der Waals surface area contributed by atoms with Gasteiger partial charge in [-0.05, 0) is 97.2 Å². The van der Waals surface area contributed by atoms with Crippen molar-refractivity contribution in [3.05, 3.63) is 46.3 Å². The molecule has 0 heterocycles. The van der Waals surface area contributed by atoms with E-state index in [1.54, 1.807) is 11.6 Å². The lowest BCUT2D eigenvalue weighted by Crippen LogP contribution is -2.56. The first-order valence-corrected chi connectivity index (χ1v) is 12.6. The summed E-state index contributed by atoms with van der Waals surface area (Å²) in [6.45, 7) is 14.3. The van der Waals surface area contributed by atoms with Crippen LogP contribution < -0.4 is 0 Å². The standard InChI is InChI=1S/C29H40O2/c1-7-26(3)12-13-27(4)14-15-29(6)20(22(27)17-26)10-11-28(5)21-16-23(30)25(31)18(2)19(21)8-9-24(28)29/h8-9,16,20,22,31H,7,10-15,17H2,1-6H3/t20?,22?,26-,27?,28?,29?/m1/s1. The third kappa shape index (κ3) is 2.72. The highest BCUT2D eigenvalue weighted by Crippen LogP contribution is 2.70. The molecule has 3 fully saturated rings. The third-order valence-corrected chi connectivity index (χ3v) is 11.0. The molecule has 3 saturated carbocycles. The molecule has 0 aromatic carbocycles. The molecule has 0 radical (unpaired) electrons. The van der Waals surface area contributed by atoms with Crippen LogP contribution in [-0.4, -0.2) is 10.9 Å². The van der Waals surface area contributed by atoms with E-state index in [2.05, 4.69) is 46.8 Å². The maximum Gasteiger partial charge on any atom is 0.220 e. The summed E-state index contributed by atoms with van der Waals surface area (Å²) < 4.78 is 0. The fourth-order valence-electron chi connectivity index (χ4n) is 8.43. The van der Waals surface area contributed by atoms with Gasteiger partial charge >= 0.3 is 0 Å². The fraction of sp³-hybridized carbons (Fsp3) is 0.690. The Kier molecular flexibility index (Phi) is 4.45. The molecule has 31 heavy (non-hydrogen) atoms. The topological polar surface area (TPSA) is 37.3 Å². The summed E-state index contributed by atoms with van der Waals surface area (Å²) in [4.78, 5) is 12.5. The molecule has 2 nitrogen and oxygen atoms in total. The Morgan fingerprint density at radius 3 is 2.42 bits per heavy atom. The average Bonchev–Trinajstić information content (AvgIpc) is 2.73. The molecule has 0 aromatic rings. The molecule has 0 spiro atoms. The van der Waals surface area contributed by atoms with Crippen LogP contribution in [0.5, 0.6) is 0 Å². The predicted octanol–water partition coefficient (Wildman–Crippen LogP) is 7.63. The molecule has 0 aromatic heterocycles. The SMILES string of the molecule is CC[C@]1(C)CCC2(C)CCC3(C)C4=CC=C5C(=CC(=O)C(O)=C5C)C4(C)CCC3C2C1. The zero-order chi connectivity index (χ0) is 22.4. The van der Waals surface area contributed by atoms with Gasteiger partial charge in [0, 0.05) is 11.0 Å². The van der Waals surface area contributed by atoms with Gasteiger partial charge in [-0.1, -0.05) is 58.8 Å². The molecule has 6 atom stereocenters. The molecule has 0 bridgehead atoms. The van der Waals surface area contributed by atoms with Crippen LogP contribution >= 0.6 is 0 Å². The maximum atomic E-state index is 12.5. The lowest BCUT2D eigenvalue weighted by molar-refractivity contribution is -0.114. The molecule has 0 saturated heterocycles.